The zero-order valence-corrected chi connectivity index (χ0v) is 10.4. The molecule has 1 aromatic rings. The molecule has 7 heteroatoms. The molecule has 0 spiro atoms. The second-order valence-corrected chi connectivity index (χ2v) is 4.42. The largest absolute Gasteiger partial charge is 0.349 e. The smallest absolute Gasteiger partial charge is 0.271 e. The number of nitrogen functional groups attached to an aromatic ring is 1. The van der Waals surface area contributed by atoms with Crippen molar-refractivity contribution >= 4 is 11.7 Å². The molecule has 2 rings (SSSR count). The van der Waals surface area contributed by atoms with E-state index < -0.39 is 0 Å². The first-order chi connectivity index (χ1) is 8.70. The second-order valence-electron chi connectivity index (χ2n) is 4.42. The molecule has 1 aromatic heterocycles. The number of nitrogens with two attached hydrogens (primary N) is 1. The number of hydrogen-bond acceptors (Lipinski definition) is 6. The highest BCUT2D eigenvalue weighted by Crippen LogP contribution is 2.13. The number of anilines is 1. The fourth-order valence-corrected chi connectivity index (χ4v) is 2.06. The van der Waals surface area contributed by atoms with Crippen molar-refractivity contribution in [1.29, 1.82) is 0 Å². The predicted octanol–water partition coefficient (Wildman–Crippen LogP) is -0.414. The van der Waals surface area contributed by atoms with Crippen LogP contribution in [-0.4, -0.2) is 47.0 Å². The Balaban J connectivity index is 1.87. The van der Waals surface area contributed by atoms with E-state index in [1.54, 1.807) is 0 Å². The molecule has 1 aliphatic heterocycles. The number of amides is 1. The molecule has 1 saturated heterocycles. The summed E-state index contributed by atoms with van der Waals surface area (Å²) in [5.41, 5.74) is 2.66. The molecule has 0 saturated carbocycles. The van der Waals surface area contributed by atoms with E-state index in [4.69, 9.17) is 5.84 Å². The van der Waals surface area contributed by atoms with Crippen molar-refractivity contribution in [2.75, 3.05) is 25.6 Å². The molecular formula is C11H18N6O. The van der Waals surface area contributed by atoms with E-state index in [0.717, 1.165) is 13.0 Å². The SMILES string of the molecule is CN1CCCC1CNC(=O)c1cnc(NN)cn1. The monoisotopic (exact) mass is 250 g/mol. The standard InChI is InChI=1S/C11H18N6O/c1-17-4-2-3-8(17)5-15-11(18)9-6-14-10(16-12)7-13-9/h6-8H,2-5,12H2,1H3,(H,14,16)(H,15,18). The van der Waals surface area contributed by atoms with Crippen LogP contribution in [0.15, 0.2) is 12.4 Å². The molecule has 4 N–H and O–H groups in total. The Kier molecular flexibility index (Phi) is 4.06. The molecule has 1 aliphatic rings. The Hall–Kier alpha value is -1.73. The Labute approximate surface area is 106 Å². The highest BCUT2D eigenvalue weighted by Gasteiger charge is 2.21. The maximum absolute atomic E-state index is 11.8. The number of rotatable bonds is 4. The van der Waals surface area contributed by atoms with Crippen LogP contribution in [0.1, 0.15) is 23.3 Å². The van der Waals surface area contributed by atoms with Gasteiger partial charge in [0.15, 0.2) is 5.82 Å². The van der Waals surface area contributed by atoms with Crippen molar-refractivity contribution in [3.63, 3.8) is 0 Å². The van der Waals surface area contributed by atoms with Crippen LogP contribution in [-0.2, 0) is 0 Å². The molecule has 0 aliphatic carbocycles. The van der Waals surface area contributed by atoms with Crippen LogP contribution in [0.3, 0.4) is 0 Å². The number of nitrogens with zero attached hydrogens (tertiary/aromatic N) is 3. The number of hydrogen-bond donors (Lipinski definition) is 3. The van der Waals surface area contributed by atoms with Crippen LogP contribution in [0, 0.1) is 0 Å². The van der Waals surface area contributed by atoms with Crippen LogP contribution in [0.2, 0.25) is 0 Å². The van der Waals surface area contributed by atoms with Gasteiger partial charge >= 0.3 is 0 Å². The lowest BCUT2D eigenvalue weighted by Gasteiger charge is -2.19. The summed E-state index contributed by atoms with van der Waals surface area (Å²) in [6, 6.07) is 0.423. The van der Waals surface area contributed by atoms with E-state index in [-0.39, 0.29) is 5.91 Å². The minimum absolute atomic E-state index is 0.202. The molecule has 1 fully saturated rings. The van der Waals surface area contributed by atoms with E-state index in [1.807, 2.05) is 0 Å². The summed E-state index contributed by atoms with van der Waals surface area (Å²) >= 11 is 0. The quantitative estimate of drug-likeness (QED) is 0.496. The van der Waals surface area contributed by atoms with E-state index in [0.29, 0.717) is 24.1 Å². The van der Waals surface area contributed by atoms with Crippen molar-refractivity contribution in [3.05, 3.63) is 18.1 Å². The Bertz CT molecular complexity index is 406. The molecule has 98 valence electrons. The number of carbonyl (C=O) groups is 1. The topological polar surface area (TPSA) is 96.2 Å². The van der Waals surface area contributed by atoms with Gasteiger partial charge in [0.05, 0.1) is 12.4 Å². The fourth-order valence-electron chi connectivity index (χ4n) is 2.06. The van der Waals surface area contributed by atoms with Gasteiger partial charge in [-0.15, -0.1) is 0 Å². The van der Waals surface area contributed by atoms with Gasteiger partial charge in [0, 0.05) is 12.6 Å². The summed E-state index contributed by atoms with van der Waals surface area (Å²) < 4.78 is 0. The molecule has 7 nitrogen and oxygen atoms in total. The molecule has 1 unspecified atom stereocenters. The van der Waals surface area contributed by atoms with Crippen LogP contribution in [0.4, 0.5) is 5.82 Å². The van der Waals surface area contributed by atoms with Gasteiger partial charge in [0.2, 0.25) is 0 Å². The lowest BCUT2D eigenvalue weighted by molar-refractivity contribution is 0.0938. The maximum Gasteiger partial charge on any atom is 0.271 e. The normalized spacial score (nSPS) is 19.8. The zero-order chi connectivity index (χ0) is 13.0. The molecule has 1 amide bonds. The third-order valence-corrected chi connectivity index (χ3v) is 3.20. The highest BCUT2D eigenvalue weighted by atomic mass is 16.1. The number of hydrazine groups is 1. The molecule has 1 atom stereocenters. The van der Waals surface area contributed by atoms with Gasteiger partial charge < -0.3 is 15.6 Å². The van der Waals surface area contributed by atoms with Crippen molar-refractivity contribution in [1.82, 2.24) is 20.2 Å². The predicted molar refractivity (Wildman–Crippen MR) is 67.8 cm³/mol. The minimum atomic E-state index is -0.202. The van der Waals surface area contributed by atoms with Gasteiger partial charge in [-0.05, 0) is 26.4 Å². The van der Waals surface area contributed by atoms with Gasteiger partial charge in [-0.1, -0.05) is 0 Å². The first-order valence-electron chi connectivity index (χ1n) is 5.98. The summed E-state index contributed by atoms with van der Waals surface area (Å²) in [5, 5.41) is 2.87. The lowest BCUT2D eigenvalue weighted by Crippen LogP contribution is -2.38. The molecule has 0 radical (unpaired) electrons. The Morgan fingerprint density at radius 3 is 2.94 bits per heavy atom. The van der Waals surface area contributed by atoms with Crippen molar-refractivity contribution in [2.24, 2.45) is 5.84 Å². The van der Waals surface area contributed by atoms with Crippen molar-refractivity contribution in [2.45, 2.75) is 18.9 Å². The van der Waals surface area contributed by atoms with Crippen molar-refractivity contribution in [3.8, 4) is 0 Å². The summed E-state index contributed by atoms with van der Waals surface area (Å²) in [6.07, 6.45) is 5.14. The number of nitrogens with one attached hydrogen (secondary N) is 2. The van der Waals surface area contributed by atoms with Crippen LogP contribution < -0.4 is 16.6 Å². The third kappa shape index (κ3) is 2.93. The Morgan fingerprint density at radius 2 is 2.39 bits per heavy atom. The average Bonchev–Trinajstić information content (AvgIpc) is 2.81. The number of carbonyl (C=O) groups excluding carboxylic acids is 1. The van der Waals surface area contributed by atoms with Crippen LogP contribution in [0.25, 0.3) is 0 Å². The van der Waals surface area contributed by atoms with Gasteiger partial charge in [-0.25, -0.2) is 15.8 Å². The van der Waals surface area contributed by atoms with E-state index in [9.17, 15) is 4.79 Å². The molecular weight excluding hydrogens is 232 g/mol. The van der Waals surface area contributed by atoms with Gasteiger partial charge in [-0.3, -0.25) is 4.79 Å². The van der Waals surface area contributed by atoms with Crippen molar-refractivity contribution < 1.29 is 4.79 Å². The summed E-state index contributed by atoms with van der Waals surface area (Å²) in [4.78, 5) is 22.0. The van der Waals surface area contributed by atoms with E-state index in [2.05, 4.69) is 32.7 Å². The highest BCUT2D eigenvalue weighted by molar-refractivity contribution is 5.92. The first kappa shape index (κ1) is 12.7. The molecule has 0 aromatic carbocycles. The first-order valence-corrected chi connectivity index (χ1v) is 5.98. The zero-order valence-electron chi connectivity index (χ0n) is 10.4. The average molecular weight is 250 g/mol. The Morgan fingerprint density at radius 1 is 1.56 bits per heavy atom. The lowest BCUT2D eigenvalue weighted by atomic mass is 10.2. The van der Waals surface area contributed by atoms with E-state index >= 15 is 0 Å². The maximum atomic E-state index is 11.8. The third-order valence-electron chi connectivity index (χ3n) is 3.20. The summed E-state index contributed by atoms with van der Waals surface area (Å²) in [5.74, 6) is 5.40. The second kappa shape index (κ2) is 5.74. The fraction of sp³-hybridized carbons (Fsp3) is 0.545. The summed E-state index contributed by atoms with van der Waals surface area (Å²) in [7, 11) is 2.07. The van der Waals surface area contributed by atoms with Crippen LogP contribution in [0.5, 0.6) is 0 Å². The summed E-state index contributed by atoms with van der Waals surface area (Å²) in [6.45, 7) is 1.74. The van der Waals surface area contributed by atoms with Gasteiger partial charge in [0.25, 0.3) is 5.91 Å². The van der Waals surface area contributed by atoms with Gasteiger partial charge in [-0.2, -0.15) is 0 Å². The molecule has 18 heavy (non-hydrogen) atoms. The van der Waals surface area contributed by atoms with E-state index in [1.165, 1.54) is 18.8 Å². The number of likely N-dealkylation sites (tertiary alicyclic amines) is 1. The molecule has 2 heterocycles. The molecule has 0 bridgehead atoms. The van der Waals surface area contributed by atoms with Gasteiger partial charge in [0.1, 0.15) is 5.69 Å². The number of aromatic nitrogens is 2. The number of likely N-dealkylation sites (N-methyl/N-ethyl adjacent to an activating group) is 1. The minimum Gasteiger partial charge on any atom is -0.349 e. The van der Waals surface area contributed by atoms with Crippen LogP contribution >= 0.6 is 0 Å².